The average Bonchev–Trinajstić information content (AvgIpc) is 3.01. The lowest BCUT2D eigenvalue weighted by molar-refractivity contribution is -0.00394. The molecule has 1 aliphatic rings. The van der Waals surface area contributed by atoms with Gasteiger partial charge in [-0.2, -0.15) is 15.3 Å². The Morgan fingerprint density at radius 1 is 1.37 bits per heavy atom. The molecule has 0 radical (unpaired) electrons. The quantitative estimate of drug-likeness (QED) is 0.844. The molecule has 0 spiro atoms. The number of hydrogen-bond donors (Lipinski definition) is 1. The van der Waals surface area contributed by atoms with Crippen LogP contribution in [0.5, 0.6) is 0 Å². The molecule has 19 heavy (non-hydrogen) atoms. The zero-order valence-corrected chi connectivity index (χ0v) is 10.2. The minimum Gasteiger partial charge on any atom is -0.377 e. The van der Waals surface area contributed by atoms with Gasteiger partial charge in [-0.1, -0.05) is 0 Å². The van der Waals surface area contributed by atoms with Crippen LogP contribution in [0.15, 0.2) is 30.7 Å². The van der Waals surface area contributed by atoms with Gasteiger partial charge in [-0.3, -0.25) is 9.89 Å². The number of morpholine rings is 1. The van der Waals surface area contributed by atoms with Crippen molar-refractivity contribution in [2.24, 2.45) is 0 Å². The molecule has 3 heterocycles. The topological polar surface area (TPSA) is 84.0 Å². The molecule has 0 aliphatic carbocycles. The van der Waals surface area contributed by atoms with Crippen molar-refractivity contribution < 1.29 is 9.53 Å². The second-order valence-electron chi connectivity index (χ2n) is 4.23. The summed E-state index contributed by atoms with van der Waals surface area (Å²) >= 11 is 0. The molecule has 1 atom stereocenters. The number of carbonyl (C=O) groups is 1. The number of amides is 1. The molecule has 7 nitrogen and oxygen atoms in total. The predicted molar refractivity (Wildman–Crippen MR) is 65.2 cm³/mol. The monoisotopic (exact) mass is 259 g/mol. The molecule has 1 N–H and O–H groups in total. The molecule has 2 aromatic rings. The van der Waals surface area contributed by atoms with Gasteiger partial charge in [0.15, 0.2) is 0 Å². The van der Waals surface area contributed by atoms with Crippen LogP contribution in [-0.2, 0) is 4.74 Å². The Morgan fingerprint density at radius 2 is 2.32 bits per heavy atom. The Balaban J connectivity index is 1.87. The minimum absolute atomic E-state index is 0.0715. The highest BCUT2D eigenvalue weighted by Gasteiger charge is 2.30. The first kappa shape index (κ1) is 11.8. The van der Waals surface area contributed by atoms with Crippen LogP contribution in [0.4, 0.5) is 0 Å². The fourth-order valence-electron chi connectivity index (χ4n) is 2.14. The molecular weight excluding hydrogens is 246 g/mol. The maximum atomic E-state index is 12.5. The van der Waals surface area contributed by atoms with E-state index < -0.39 is 0 Å². The van der Waals surface area contributed by atoms with Gasteiger partial charge in [0.25, 0.3) is 5.91 Å². The Kier molecular flexibility index (Phi) is 3.20. The fourth-order valence-corrected chi connectivity index (χ4v) is 2.14. The molecular formula is C12H13N5O2. The van der Waals surface area contributed by atoms with Gasteiger partial charge in [-0.05, 0) is 12.1 Å². The lowest BCUT2D eigenvalue weighted by atomic mass is 10.1. The third-order valence-corrected chi connectivity index (χ3v) is 3.10. The van der Waals surface area contributed by atoms with E-state index in [2.05, 4.69) is 20.4 Å². The highest BCUT2D eigenvalue weighted by atomic mass is 16.5. The van der Waals surface area contributed by atoms with Gasteiger partial charge in [-0.25, -0.2) is 0 Å². The molecule has 0 saturated carbocycles. The van der Waals surface area contributed by atoms with E-state index in [0.29, 0.717) is 25.3 Å². The van der Waals surface area contributed by atoms with Crippen LogP contribution in [0.25, 0.3) is 0 Å². The molecule has 98 valence electrons. The van der Waals surface area contributed by atoms with E-state index in [9.17, 15) is 4.79 Å². The molecule has 1 aliphatic heterocycles. The van der Waals surface area contributed by atoms with E-state index in [0.717, 1.165) is 5.69 Å². The Morgan fingerprint density at radius 3 is 3.05 bits per heavy atom. The van der Waals surface area contributed by atoms with Gasteiger partial charge in [0.2, 0.25) is 0 Å². The van der Waals surface area contributed by atoms with E-state index in [4.69, 9.17) is 4.74 Å². The Labute approximate surface area is 109 Å². The summed E-state index contributed by atoms with van der Waals surface area (Å²) in [7, 11) is 0. The summed E-state index contributed by atoms with van der Waals surface area (Å²) in [6.07, 6.45) is 4.65. The SMILES string of the molecule is O=C(c1ccnnc1)N1CCOC[C@H]1c1ccn[nH]1. The van der Waals surface area contributed by atoms with Crippen molar-refractivity contribution in [1.29, 1.82) is 0 Å². The van der Waals surface area contributed by atoms with Gasteiger partial charge in [0, 0.05) is 12.7 Å². The van der Waals surface area contributed by atoms with Crippen molar-refractivity contribution in [2.75, 3.05) is 19.8 Å². The molecule has 7 heteroatoms. The average molecular weight is 259 g/mol. The summed E-state index contributed by atoms with van der Waals surface area (Å²) < 4.78 is 5.45. The fraction of sp³-hybridized carbons (Fsp3) is 0.333. The molecule has 3 rings (SSSR count). The smallest absolute Gasteiger partial charge is 0.256 e. The lowest BCUT2D eigenvalue weighted by Crippen LogP contribution is -2.43. The lowest BCUT2D eigenvalue weighted by Gasteiger charge is -2.34. The standard InChI is InChI=1S/C12H13N5O2/c18-12(9-1-3-13-15-7-9)17-5-6-19-8-11(17)10-2-4-14-16-10/h1-4,7,11H,5-6,8H2,(H,14,16)/t11-/m0/s1. The largest absolute Gasteiger partial charge is 0.377 e. The number of H-pyrrole nitrogens is 1. The van der Waals surface area contributed by atoms with E-state index >= 15 is 0 Å². The third-order valence-electron chi connectivity index (χ3n) is 3.10. The molecule has 1 saturated heterocycles. The first-order valence-electron chi connectivity index (χ1n) is 6.01. The Bertz CT molecular complexity index is 543. The van der Waals surface area contributed by atoms with E-state index in [-0.39, 0.29) is 11.9 Å². The summed E-state index contributed by atoms with van der Waals surface area (Å²) in [5.74, 6) is -0.0715. The number of aromatic amines is 1. The molecule has 0 aromatic carbocycles. The van der Waals surface area contributed by atoms with Crippen molar-refractivity contribution in [3.63, 3.8) is 0 Å². The molecule has 1 amide bonds. The molecule has 0 bridgehead atoms. The highest BCUT2D eigenvalue weighted by molar-refractivity contribution is 5.94. The second kappa shape index (κ2) is 5.15. The van der Waals surface area contributed by atoms with E-state index in [1.165, 1.54) is 12.4 Å². The number of carbonyl (C=O) groups excluding carboxylic acids is 1. The van der Waals surface area contributed by atoms with Crippen LogP contribution in [0.3, 0.4) is 0 Å². The number of nitrogens with zero attached hydrogens (tertiary/aromatic N) is 4. The predicted octanol–water partition coefficient (Wildman–Crippen LogP) is 0.413. The van der Waals surface area contributed by atoms with Gasteiger partial charge < -0.3 is 9.64 Å². The molecule has 0 unspecified atom stereocenters. The van der Waals surface area contributed by atoms with Crippen LogP contribution < -0.4 is 0 Å². The Hall–Kier alpha value is -2.28. The van der Waals surface area contributed by atoms with Gasteiger partial charge >= 0.3 is 0 Å². The van der Waals surface area contributed by atoms with Crippen LogP contribution in [0.1, 0.15) is 22.1 Å². The maximum absolute atomic E-state index is 12.5. The van der Waals surface area contributed by atoms with Crippen molar-refractivity contribution in [1.82, 2.24) is 25.3 Å². The van der Waals surface area contributed by atoms with Gasteiger partial charge in [0.1, 0.15) is 0 Å². The number of nitrogens with one attached hydrogen (secondary N) is 1. The molecule has 2 aromatic heterocycles. The van der Waals surface area contributed by atoms with E-state index in [1.807, 2.05) is 6.07 Å². The zero-order chi connectivity index (χ0) is 13.1. The first-order valence-corrected chi connectivity index (χ1v) is 6.01. The van der Waals surface area contributed by atoms with Crippen LogP contribution in [0, 0.1) is 0 Å². The van der Waals surface area contributed by atoms with Crippen LogP contribution >= 0.6 is 0 Å². The van der Waals surface area contributed by atoms with Crippen LogP contribution in [-0.4, -0.2) is 51.0 Å². The summed E-state index contributed by atoms with van der Waals surface area (Å²) in [5.41, 5.74) is 1.40. The number of ether oxygens (including phenoxy) is 1. The number of rotatable bonds is 2. The van der Waals surface area contributed by atoms with Crippen molar-refractivity contribution in [2.45, 2.75) is 6.04 Å². The molecule has 1 fully saturated rings. The number of hydrogen-bond acceptors (Lipinski definition) is 5. The summed E-state index contributed by atoms with van der Waals surface area (Å²) in [6.45, 7) is 1.55. The summed E-state index contributed by atoms with van der Waals surface area (Å²) in [5, 5.41) is 14.2. The first-order chi connectivity index (χ1) is 9.36. The number of aromatic nitrogens is 4. The second-order valence-corrected chi connectivity index (χ2v) is 4.23. The van der Waals surface area contributed by atoms with Gasteiger partial charge in [-0.15, -0.1) is 0 Å². The zero-order valence-electron chi connectivity index (χ0n) is 10.2. The van der Waals surface area contributed by atoms with Crippen LogP contribution in [0.2, 0.25) is 0 Å². The van der Waals surface area contributed by atoms with E-state index in [1.54, 1.807) is 17.2 Å². The maximum Gasteiger partial charge on any atom is 0.256 e. The summed E-state index contributed by atoms with van der Waals surface area (Å²) in [4.78, 5) is 14.2. The minimum atomic E-state index is -0.142. The van der Waals surface area contributed by atoms with Crippen molar-refractivity contribution in [3.8, 4) is 0 Å². The third kappa shape index (κ3) is 2.32. The van der Waals surface area contributed by atoms with Gasteiger partial charge in [0.05, 0.1) is 42.9 Å². The summed E-state index contributed by atoms with van der Waals surface area (Å²) in [6, 6.07) is 3.37. The van der Waals surface area contributed by atoms with Crippen molar-refractivity contribution >= 4 is 5.91 Å². The highest BCUT2D eigenvalue weighted by Crippen LogP contribution is 2.23. The van der Waals surface area contributed by atoms with Crippen molar-refractivity contribution in [3.05, 3.63) is 42.0 Å². The normalized spacial score (nSPS) is 19.4.